The van der Waals surface area contributed by atoms with E-state index in [4.69, 9.17) is 4.74 Å². The molecule has 23 heavy (non-hydrogen) atoms. The molecule has 1 aromatic heterocycles. The summed E-state index contributed by atoms with van der Waals surface area (Å²) in [7, 11) is 0. The van der Waals surface area contributed by atoms with Crippen LogP contribution >= 0.6 is 0 Å². The Morgan fingerprint density at radius 2 is 1.61 bits per heavy atom. The quantitative estimate of drug-likeness (QED) is 0.692. The minimum atomic E-state index is -0.471. The maximum atomic E-state index is 12.4. The van der Waals surface area contributed by atoms with Gasteiger partial charge in [0.25, 0.3) is 0 Å². The number of benzene rings is 2. The molecule has 0 aliphatic carbocycles. The first-order valence-electron chi connectivity index (χ1n) is 7.40. The lowest BCUT2D eigenvalue weighted by Crippen LogP contribution is -2.11. The van der Waals surface area contributed by atoms with E-state index in [9.17, 15) is 4.79 Å². The summed E-state index contributed by atoms with van der Waals surface area (Å²) in [5, 5.41) is 8.54. The number of nitrogens with zero attached hydrogens (tertiary/aromatic N) is 3. The van der Waals surface area contributed by atoms with Crippen molar-refractivity contribution >= 4 is 5.97 Å². The van der Waals surface area contributed by atoms with Crippen LogP contribution in [0.25, 0.3) is 5.69 Å². The zero-order chi connectivity index (χ0) is 16.2. The van der Waals surface area contributed by atoms with E-state index in [1.807, 2.05) is 67.6 Å². The molecule has 2 aromatic carbocycles. The summed E-state index contributed by atoms with van der Waals surface area (Å²) in [5.74, 6) is -0.471. The molecule has 0 amide bonds. The largest absolute Gasteiger partial charge is 0.453 e. The van der Waals surface area contributed by atoms with Gasteiger partial charge in [-0.1, -0.05) is 48.5 Å². The van der Waals surface area contributed by atoms with E-state index in [2.05, 4.69) is 10.2 Å². The molecule has 0 aliphatic heterocycles. The first-order valence-corrected chi connectivity index (χ1v) is 7.40. The molecule has 5 nitrogen and oxygen atoms in total. The molecule has 3 rings (SSSR count). The van der Waals surface area contributed by atoms with Crippen molar-refractivity contribution in [2.75, 3.05) is 0 Å². The van der Waals surface area contributed by atoms with Crippen molar-refractivity contribution in [2.45, 2.75) is 20.0 Å². The molecule has 0 aliphatic rings. The number of hydrogen-bond acceptors (Lipinski definition) is 4. The molecule has 0 radical (unpaired) electrons. The van der Waals surface area contributed by atoms with Crippen LogP contribution < -0.4 is 0 Å². The molecule has 5 heteroatoms. The molecule has 0 spiro atoms. The molecular formula is C18H17N3O2. The fraction of sp³-hybridized carbons (Fsp3) is 0.167. The van der Waals surface area contributed by atoms with Gasteiger partial charge >= 0.3 is 5.97 Å². The third-order valence-corrected chi connectivity index (χ3v) is 3.52. The Labute approximate surface area is 134 Å². The number of aryl methyl sites for hydroxylation is 1. The van der Waals surface area contributed by atoms with Gasteiger partial charge in [0, 0.05) is 0 Å². The Kier molecular flexibility index (Phi) is 4.19. The SMILES string of the molecule is Cc1nn(-c2ccccc2)nc1C(=O)O[C@@H](C)c1ccccc1. The summed E-state index contributed by atoms with van der Waals surface area (Å²) in [6.45, 7) is 3.58. The standard InChI is InChI=1S/C18H17N3O2/c1-13-17(20-21(19-13)16-11-7-4-8-12-16)18(22)23-14(2)15-9-5-3-6-10-15/h3-12,14H,1-2H3/t14-/m0/s1. The van der Waals surface area contributed by atoms with Gasteiger partial charge in [0.2, 0.25) is 0 Å². The average molecular weight is 307 g/mol. The lowest BCUT2D eigenvalue weighted by Gasteiger charge is -2.12. The third kappa shape index (κ3) is 3.29. The number of aromatic nitrogens is 3. The van der Waals surface area contributed by atoms with Gasteiger partial charge in [-0.25, -0.2) is 4.79 Å². The van der Waals surface area contributed by atoms with E-state index in [0.29, 0.717) is 5.69 Å². The zero-order valence-electron chi connectivity index (χ0n) is 13.0. The fourth-order valence-electron chi connectivity index (χ4n) is 2.25. The fourth-order valence-corrected chi connectivity index (χ4v) is 2.25. The first kappa shape index (κ1) is 15.0. The minimum Gasteiger partial charge on any atom is -0.453 e. The Balaban J connectivity index is 1.79. The number of ether oxygens (including phenoxy) is 1. The Bertz CT molecular complexity index is 798. The summed E-state index contributed by atoms with van der Waals surface area (Å²) in [6.07, 6.45) is -0.343. The van der Waals surface area contributed by atoms with E-state index >= 15 is 0 Å². The van der Waals surface area contributed by atoms with Crippen LogP contribution in [-0.2, 0) is 4.74 Å². The van der Waals surface area contributed by atoms with Gasteiger partial charge in [-0.2, -0.15) is 9.90 Å². The lowest BCUT2D eigenvalue weighted by molar-refractivity contribution is 0.0329. The summed E-state index contributed by atoms with van der Waals surface area (Å²) >= 11 is 0. The smallest absolute Gasteiger partial charge is 0.361 e. The molecule has 0 saturated carbocycles. The van der Waals surface area contributed by atoms with Crippen molar-refractivity contribution in [3.63, 3.8) is 0 Å². The Morgan fingerprint density at radius 1 is 1.00 bits per heavy atom. The number of carbonyl (C=O) groups is 1. The van der Waals surface area contributed by atoms with Crippen molar-refractivity contribution in [1.29, 1.82) is 0 Å². The predicted octanol–water partition coefficient (Wildman–Crippen LogP) is 3.49. The van der Waals surface area contributed by atoms with Gasteiger partial charge in [-0.15, -0.1) is 5.10 Å². The van der Waals surface area contributed by atoms with Crippen molar-refractivity contribution in [3.05, 3.63) is 77.6 Å². The molecule has 0 N–H and O–H groups in total. The summed E-state index contributed by atoms with van der Waals surface area (Å²) in [6, 6.07) is 19.0. The van der Waals surface area contributed by atoms with Crippen LogP contribution in [0.5, 0.6) is 0 Å². The van der Waals surface area contributed by atoms with Crippen molar-refractivity contribution in [3.8, 4) is 5.69 Å². The van der Waals surface area contributed by atoms with Crippen LogP contribution in [0.3, 0.4) is 0 Å². The van der Waals surface area contributed by atoms with E-state index in [-0.39, 0.29) is 11.8 Å². The van der Waals surface area contributed by atoms with Gasteiger partial charge in [0.15, 0.2) is 5.69 Å². The molecule has 0 bridgehead atoms. The van der Waals surface area contributed by atoms with Crippen molar-refractivity contribution in [2.24, 2.45) is 0 Å². The van der Waals surface area contributed by atoms with Crippen LogP contribution in [0.2, 0.25) is 0 Å². The van der Waals surface area contributed by atoms with E-state index < -0.39 is 5.97 Å². The highest BCUT2D eigenvalue weighted by Crippen LogP contribution is 2.18. The maximum absolute atomic E-state index is 12.4. The number of para-hydroxylation sites is 1. The molecule has 3 aromatic rings. The second-order valence-corrected chi connectivity index (χ2v) is 5.22. The second kappa shape index (κ2) is 6.44. The minimum absolute atomic E-state index is 0.233. The number of carbonyl (C=O) groups excluding carboxylic acids is 1. The predicted molar refractivity (Wildman–Crippen MR) is 86.4 cm³/mol. The molecule has 1 atom stereocenters. The molecule has 0 saturated heterocycles. The highest BCUT2D eigenvalue weighted by Gasteiger charge is 2.20. The number of esters is 1. The highest BCUT2D eigenvalue weighted by molar-refractivity contribution is 5.88. The van der Waals surface area contributed by atoms with E-state index in [1.165, 1.54) is 4.80 Å². The third-order valence-electron chi connectivity index (χ3n) is 3.52. The van der Waals surface area contributed by atoms with Crippen molar-refractivity contribution in [1.82, 2.24) is 15.0 Å². The van der Waals surface area contributed by atoms with Gasteiger partial charge in [0.05, 0.1) is 11.4 Å². The monoisotopic (exact) mass is 307 g/mol. The highest BCUT2D eigenvalue weighted by atomic mass is 16.5. The summed E-state index contributed by atoms with van der Waals surface area (Å²) < 4.78 is 5.50. The number of hydrogen-bond donors (Lipinski definition) is 0. The number of rotatable bonds is 4. The molecule has 0 unspecified atom stereocenters. The molecule has 116 valence electrons. The Morgan fingerprint density at radius 3 is 2.26 bits per heavy atom. The van der Waals surface area contributed by atoms with Gasteiger partial charge in [-0.05, 0) is 31.5 Å². The normalized spacial score (nSPS) is 11.9. The van der Waals surface area contributed by atoms with E-state index in [1.54, 1.807) is 6.92 Å². The first-order chi connectivity index (χ1) is 11.1. The van der Waals surface area contributed by atoms with Crippen LogP contribution in [0.4, 0.5) is 0 Å². The second-order valence-electron chi connectivity index (χ2n) is 5.22. The molecule has 0 fully saturated rings. The Hall–Kier alpha value is -2.95. The lowest BCUT2D eigenvalue weighted by atomic mass is 10.1. The zero-order valence-corrected chi connectivity index (χ0v) is 13.0. The van der Waals surface area contributed by atoms with Crippen LogP contribution in [0.1, 0.15) is 34.8 Å². The van der Waals surface area contributed by atoms with Crippen molar-refractivity contribution < 1.29 is 9.53 Å². The summed E-state index contributed by atoms with van der Waals surface area (Å²) in [5.41, 5.74) is 2.51. The van der Waals surface area contributed by atoms with Crippen LogP contribution in [0, 0.1) is 6.92 Å². The summed E-state index contributed by atoms with van der Waals surface area (Å²) in [4.78, 5) is 13.8. The van der Waals surface area contributed by atoms with Gasteiger partial charge < -0.3 is 4.74 Å². The van der Waals surface area contributed by atoms with Gasteiger partial charge in [-0.3, -0.25) is 0 Å². The average Bonchev–Trinajstić information content (AvgIpc) is 2.98. The topological polar surface area (TPSA) is 57.0 Å². The van der Waals surface area contributed by atoms with Crippen LogP contribution in [0.15, 0.2) is 60.7 Å². The molecular weight excluding hydrogens is 290 g/mol. The van der Waals surface area contributed by atoms with Gasteiger partial charge in [0.1, 0.15) is 6.10 Å². The maximum Gasteiger partial charge on any atom is 0.361 e. The van der Waals surface area contributed by atoms with Crippen LogP contribution in [-0.4, -0.2) is 21.0 Å². The van der Waals surface area contributed by atoms with E-state index in [0.717, 1.165) is 11.3 Å². The molecule has 1 heterocycles.